The fourth-order valence-corrected chi connectivity index (χ4v) is 1.79. The number of hydrogen-bond donors (Lipinski definition) is 2. The van der Waals surface area contributed by atoms with Gasteiger partial charge in [-0.25, -0.2) is 0 Å². The normalized spacial score (nSPS) is 9.81. The van der Waals surface area contributed by atoms with Crippen LogP contribution in [0, 0.1) is 18.8 Å². The fourth-order valence-electron chi connectivity index (χ4n) is 1.79. The molecular weight excluding hydrogens is 266 g/mol. The summed E-state index contributed by atoms with van der Waals surface area (Å²) < 4.78 is 1.57. The molecule has 0 saturated carbocycles. The van der Waals surface area contributed by atoms with Gasteiger partial charge in [0.15, 0.2) is 0 Å². The zero-order valence-corrected chi connectivity index (χ0v) is 11.8. The monoisotopic (exact) mass is 283 g/mol. The van der Waals surface area contributed by atoms with Crippen LogP contribution in [-0.2, 0) is 11.3 Å². The number of carbonyl (C=O) groups is 1. The van der Waals surface area contributed by atoms with Gasteiger partial charge in [-0.1, -0.05) is 17.9 Å². The van der Waals surface area contributed by atoms with Crippen LogP contribution in [-0.4, -0.2) is 27.4 Å². The Bertz CT molecular complexity index is 667. The third-order valence-corrected chi connectivity index (χ3v) is 2.85. The van der Waals surface area contributed by atoms with Crippen molar-refractivity contribution in [3.8, 4) is 11.8 Å². The Morgan fingerprint density at radius 1 is 1.48 bits per heavy atom. The summed E-state index contributed by atoms with van der Waals surface area (Å²) in [5.41, 5.74) is 2.52. The van der Waals surface area contributed by atoms with Crippen molar-refractivity contribution in [2.24, 2.45) is 0 Å². The SMILES string of the molecule is Cc1ccc(C#CCCO)cc1NC(=O)Cn1cccn1. The van der Waals surface area contributed by atoms with Crippen molar-refractivity contribution in [3.05, 3.63) is 47.8 Å². The van der Waals surface area contributed by atoms with Crippen LogP contribution < -0.4 is 5.32 Å². The van der Waals surface area contributed by atoms with Crippen LogP contribution in [0.25, 0.3) is 0 Å². The molecule has 108 valence electrons. The maximum atomic E-state index is 12.0. The molecule has 21 heavy (non-hydrogen) atoms. The van der Waals surface area contributed by atoms with Crippen LogP contribution in [0.3, 0.4) is 0 Å². The van der Waals surface area contributed by atoms with Gasteiger partial charge in [-0.15, -0.1) is 0 Å². The molecule has 0 aliphatic heterocycles. The molecule has 1 aromatic heterocycles. The van der Waals surface area contributed by atoms with Gasteiger partial charge >= 0.3 is 0 Å². The standard InChI is InChI=1S/C16H17N3O2/c1-13-6-7-14(5-2-3-10-20)11-15(13)18-16(21)12-19-9-4-8-17-19/h4,6-9,11,20H,3,10,12H2,1H3,(H,18,21). The number of anilines is 1. The van der Waals surface area contributed by atoms with Crippen molar-refractivity contribution in [2.75, 3.05) is 11.9 Å². The highest BCUT2D eigenvalue weighted by Gasteiger charge is 2.06. The highest BCUT2D eigenvalue weighted by molar-refractivity contribution is 5.91. The summed E-state index contributed by atoms with van der Waals surface area (Å²) in [6, 6.07) is 7.41. The number of aliphatic hydroxyl groups excluding tert-OH is 1. The molecule has 0 unspecified atom stereocenters. The van der Waals surface area contributed by atoms with Crippen molar-refractivity contribution in [1.82, 2.24) is 9.78 Å². The molecule has 1 heterocycles. The Morgan fingerprint density at radius 3 is 3.05 bits per heavy atom. The van der Waals surface area contributed by atoms with E-state index in [1.807, 2.05) is 25.1 Å². The summed E-state index contributed by atoms with van der Waals surface area (Å²) in [7, 11) is 0. The molecule has 0 aliphatic carbocycles. The van der Waals surface area contributed by atoms with Crippen LogP contribution in [0.4, 0.5) is 5.69 Å². The summed E-state index contributed by atoms with van der Waals surface area (Å²) in [6.45, 7) is 2.15. The Labute approximate surface area is 123 Å². The number of nitrogens with one attached hydrogen (secondary N) is 1. The van der Waals surface area contributed by atoms with Crippen LogP contribution in [0.1, 0.15) is 17.5 Å². The highest BCUT2D eigenvalue weighted by Crippen LogP contribution is 2.16. The van der Waals surface area contributed by atoms with Gasteiger partial charge in [-0.3, -0.25) is 9.48 Å². The van der Waals surface area contributed by atoms with Gasteiger partial charge in [0.2, 0.25) is 5.91 Å². The number of benzene rings is 1. The molecule has 5 heteroatoms. The maximum Gasteiger partial charge on any atom is 0.246 e. The number of rotatable bonds is 4. The van der Waals surface area contributed by atoms with Gasteiger partial charge in [0.25, 0.3) is 0 Å². The Hall–Kier alpha value is -2.58. The fraction of sp³-hybridized carbons (Fsp3) is 0.250. The maximum absolute atomic E-state index is 12.0. The van der Waals surface area contributed by atoms with E-state index in [0.717, 1.165) is 16.8 Å². The number of amides is 1. The van der Waals surface area contributed by atoms with Crippen molar-refractivity contribution in [2.45, 2.75) is 19.9 Å². The average Bonchev–Trinajstić information content (AvgIpc) is 2.95. The largest absolute Gasteiger partial charge is 0.395 e. The minimum atomic E-state index is -0.137. The lowest BCUT2D eigenvalue weighted by molar-refractivity contribution is -0.116. The predicted octanol–water partition coefficient (Wildman–Crippen LogP) is 1.56. The molecule has 0 aliphatic rings. The zero-order valence-electron chi connectivity index (χ0n) is 11.8. The molecule has 0 bridgehead atoms. The molecule has 2 aromatic rings. The lowest BCUT2D eigenvalue weighted by Crippen LogP contribution is -2.19. The van der Waals surface area contributed by atoms with E-state index in [4.69, 9.17) is 5.11 Å². The van der Waals surface area contributed by atoms with Gasteiger partial charge in [-0.05, 0) is 30.7 Å². The molecule has 2 N–H and O–H groups in total. The first-order valence-electron chi connectivity index (χ1n) is 6.66. The molecule has 0 atom stereocenters. The second-order valence-corrected chi connectivity index (χ2v) is 4.56. The topological polar surface area (TPSA) is 67.2 Å². The molecular formula is C16H17N3O2. The van der Waals surface area contributed by atoms with Gasteiger partial charge in [-0.2, -0.15) is 5.10 Å². The lowest BCUT2D eigenvalue weighted by Gasteiger charge is -2.09. The molecule has 2 rings (SSSR count). The van der Waals surface area contributed by atoms with E-state index in [9.17, 15) is 4.79 Å². The van der Waals surface area contributed by atoms with Gasteiger partial charge in [0.05, 0.1) is 6.61 Å². The van der Waals surface area contributed by atoms with E-state index in [0.29, 0.717) is 6.42 Å². The van der Waals surface area contributed by atoms with Crippen molar-refractivity contribution < 1.29 is 9.90 Å². The Kier molecular flexibility index (Phi) is 5.13. The summed E-state index contributed by atoms with van der Waals surface area (Å²) in [5.74, 6) is 5.68. The third-order valence-electron chi connectivity index (χ3n) is 2.85. The number of aromatic nitrogens is 2. The first-order chi connectivity index (χ1) is 10.2. The zero-order chi connectivity index (χ0) is 15.1. The Balaban J connectivity index is 2.06. The molecule has 0 saturated heterocycles. The summed E-state index contributed by atoms with van der Waals surface area (Å²) >= 11 is 0. The van der Waals surface area contributed by atoms with E-state index in [1.165, 1.54) is 0 Å². The highest BCUT2D eigenvalue weighted by atomic mass is 16.2. The van der Waals surface area contributed by atoms with E-state index in [1.54, 1.807) is 23.1 Å². The number of hydrogen-bond acceptors (Lipinski definition) is 3. The molecule has 0 spiro atoms. The first-order valence-corrected chi connectivity index (χ1v) is 6.66. The van der Waals surface area contributed by atoms with Crippen LogP contribution in [0.15, 0.2) is 36.7 Å². The molecule has 5 nitrogen and oxygen atoms in total. The molecule has 0 fully saturated rings. The number of carbonyl (C=O) groups excluding carboxylic acids is 1. The minimum Gasteiger partial charge on any atom is -0.395 e. The van der Waals surface area contributed by atoms with Crippen LogP contribution in [0.5, 0.6) is 0 Å². The number of aliphatic hydroxyl groups is 1. The van der Waals surface area contributed by atoms with Gasteiger partial charge < -0.3 is 10.4 Å². The van der Waals surface area contributed by atoms with Gasteiger partial charge in [0.1, 0.15) is 6.54 Å². The van der Waals surface area contributed by atoms with E-state index in [2.05, 4.69) is 22.3 Å². The molecule has 1 aromatic carbocycles. The summed E-state index contributed by atoms with van der Waals surface area (Å²) in [4.78, 5) is 12.0. The Morgan fingerprint density at radius 2 is 2.33 bits per heavy atom. The van der Waals surface area contributed by atoms with Crippen molar-refractivity contribution >= 4 is 11.6 Å². The average molecular weight is 283 g/mol. The van der Waals surface area contributed by atoms with Crippen molar-refractivity contribution in [1.29, 1.82) is 0 Å². The van der Waals surface area contributed by atoms with Crippen LogP contribution >= 0.6 is 0 Å². The number of nitrogens with zero attached hydrogens (tertiary/aromatic N) is 2. The molecule has 0 radical (unpaired) electrons. The second-order valence-electron chi connectivity index (χ2n) is 4.56. The van der Waals surface area contributed by atoms with E-state index < -0.39 is 0 Å². The number of aryl methyl sites for hydroxylation is 1. The minimum absolute atomic E-state index is 0.0479. The summed E-state index contributed by atoms with van der Waals surface area (Å²) in [6.07, 6.45) is 3.81. The van der Waals surface area contributed by atoms with Crippen LogP contribution in [0.2, 0.25) is 0 Å². The van der Waals surface area contributed by atoms with Crippen molar-refractivity contribution in [3.63, 3.8) is 0 Å². The first kappa shape index (κ1) is 14.8. The smallest absolute Gasteiger partial charge is 0.246 e. The lowest BCUT2D eigenvalue weighted by atomic mass is 10.1. The third kappa shape index (κ3) is 4.48. The summed E-state index contributed by atoms with van der Waals surface area (Å²) in [5, 5.41) is 15.6. The van der Waals surface area contributed by atoms with E-state index in [-0.39, 0.29) is 19.1 Å². The predicted molar refractivity (Wildman–Crippen MR) is 80.6 cm³/mol. The van der Waals surface area contributed by atoms with E-state index >= 15 is 0 Å². The second kappa shape index (κ2) is 7.27. The van der Waals surface area contributed by atoms with Gasteiger partial charge in [0, 0.05) is 30.1 Å². The molecule has 1 amide bonds. The quantitative estimate of drug-likeness (QED) is 0.837.